The van der Waals surface area contributed by atoms with Crippen molar-refractivity contribution in [3.05, 3.63) is 54.0 Å². The number of methoxy groups -OCH3 is 1. The lowest BCUT2D eigenvalue weighted by Gasteiger charge is -2.16. The van der Waals surface area contributed by atoms with Crippen molar-refractivity contribution in [3.63, 3.8) is 0 Å². The minimum atomic E-state index is -0.444. The lowest BCUT2D eigenvalue weighted by molar-refractivity contribution is -0.139. The third-order valence-electron chi connectivity index (χ3n) is 4.87. The summed E-state index contributed by atoms with van der Waals surface area (Å²) in [5.41, 5.74) is 2.36. The van der Waals surface area contributed by atoms with Crippen LogP contribution in [-0.4, -0.2) is 67.9 Å². The summed E-state index contributed by atoms with van der Waals surface area (Å²) in [6, 6.07) is 5.25. The van der Waals surface area contributed by atoms with Crippen LogP contribution in [0.1, 0.15) is 12.0 Å². The van der Waals surface area contributed by atoms with Gasteiger partial charge in [0.2, 0.25) is 0 Å². The number of amides is 1. The smallest absolute Gasteiger partial charge is 0.337 e. The molecule has 8 heteroatoms. The second kappa shape index (κ2) is 9.49. The van der Waals surface area contributed by atoms with Gasteiger partial charge in [0, 0.05) is 37.8 Å². The maximum Gasteiger partial charge on any atom is 0.337 e. The number of allylic oxidation sites excluding steroid dienone is 1. The number of esters is 1. The van der Waals surface area contributed by atoms with Crippen LogP contribution in [0.5, 0.6) is 5.75 Å². The summed E-state index contributed by atoms with van der Waals surface area (Å²) in [5, 5.41) is 3.62. The van der Waals surface area contributed by atoms with E-state index in [2.05, 4.69) is 10.2 Å². The Hall–Kier alpha value is -3.26. The maximum absolute atomic E-state index is 12.8. The van der Waals surface area contributed by atoms with Crippen LogP contribution < -0.4 is 10.1 Å². The first kappa shape index (κ1) is 21.4. The fourth-order valence-corrected chi connectivity index (χ4v) is 3.28. The number of ether oxygens (including phenoxy) is 2. The van der Waals surface area contributed by atoms with Crippen molar-refractivity contribution in [1.82, 2.24) is 19.7 Å². The number of nitrogens with one attached hydrogen (secondary N) is 1. The van der Waals surface area contributed by atoms with Crippen LogP contribution in [-0.2, 0) is 16.0 Å². The van der Waals surface area contributed by atoms with Crippen LogP contribution in [0.2, 0.25) is 0 Å². The highest BCUT2D eigenvalue weighted by Crippen LogP contribution is 2.26. The molecule has 1 N–H and O–H groups in total. The number of rotatable bonds is 7. The zero-order valence-electron chi connectivity index (χ0n) is 17.8. The number of hydrogen-bond acceptors (Lipinski definition) is 6. The van der Waals surface area contributed by atoms with E-state index in [0.717, 1.165) is 35.2 Å². The van der Waals surface area contributed by atoms with Crippen LogP contribution in [0.4, 0.5) is 4.79 Å². The van der Waals surface area contributed by atoms with Gasteiger partial charge < -0.3 is 24.6 Å². The molecule has 1 aromatic carbocycles. The first-order chi connectivity index (χ1) is 14.4. The van der Waals surface area contributed by atoms with E-state index in [1.54, 1.807) is 22.8 Å². The molecule has 0 atom stereocenters. The lowest BCUT2D eigenvalue weighted by Crippen LogP contribution is -2.31. The summed E-state index contributed by atoms with van der Waals surface area (Å²) in [6.07, 6.45) is 8.60. The van der Waals surface area contributed by atoms with Crippen molar-refractivity contribution in [2.45, 2.75) is 12.8 Å². The number of likely N-dealkylation sites (N-methyl/N-ethyl adjacent to an activating group) is 1. The molecule has 0 radical (unpaired) electrons. The molecule has 3 rings (SSSR count). The Morgan fingerprint density at radius 3 is 2.77 bits per heavy atom. The van der Waals surface area contributed by atoms with Crippen molar-refractivity contribution in [2.24, 2.45) is 0 Å². The van der Waals surface area contributed by atoms with Crippen molar-refractivity contribution >= 4 is 22.9 Å². The number of aromatic nitrogens is 1. The lowest BCUT2D eigenvalue weighted by atomic mass is 10.1. The summed E-state index contributed by atoms with van der Waals surface area (Å²) in [7, 11) is 7.48. The second-order valence-electron chi connectivity index (χ2n) is 7.43. The molecule has 0 spiro atoms. The largest absolute Gasteiger partial charge is 0.497 e. The minimum absolute atomic E-state index is 0.203. The molecule has 0 saturated carbocycles. The Kier molecular flexibility index (Phi) is 6.79. The molecular weight excluding hydrogens is 384 g/mol. The topological polar surface area (TPSA) is 76.0 Å². The molecule has 1 aliphatic heterocycles. The molecule has 0 aliphatic carbocycles. The van der Waals surface area contributed by atoms with Crippen LogP contribution in [0, 0.1) is 0 Å². The van der Waals surface area contributed by atoms with E-state index < -0.39 is 5.97 Å². The Labute approximate surface area is 176 Å². The van der Waals surface area contributed by atoms with E-state index in [-0.39, 0.29) is 12.8 Å². The highest BCUT2D eigenvalue weighted by molar-refractivity contribution is 5.94. The quantitative estimate of drug-likeness (QED) is 0.556. The highest BCUT2D eigenvalue weighted by Gasteiger charge is 2.16. The monoisotopic (exact) mass is 412 g/mol. The average Bonchev–Trinajstić information content (AvgIpc) is 3.10. The Bertz CT molecular complexity index is 990. The third kappa shape index (κ3) is 5.01. The van der Waals surface area contributed by atoms with Crippen molar-refractivity contribution in [3.8, 4) is 5.75 Å². The van der Waals surface area contributed by atoms with E-state index in [9.17, 15) is 9.59 Å². The number of fused-ring (bicyclic) bond motifs is 1. The summed E-state index contributed by atoms with van der Waals surface area (Å²) in [4.78, 5) is 28.8. The number of carbonyl (C=O) groups is 2. The van der Waals surface area contributed by atoms with Crippen LogP contribution >= 0.6 is 0 Å². The predicted molar refractivity (Wildman–Crippen MR) is 115 cm³/mol. The zero-order valence-corrected chi connectivity index (χ0v) is 17.8. The fourth-order valence-electron chi connectivity index (χ4n) is 3.28. The molecule has 160 valence electrons. The number of carbonyl (C=O) groups excluding carboxylic acids is 2. The molecule has 2 heterocycles. The molecular formula is C22H28N4O4. The molecule has 30 heavy (non-hydrogen) atoms. The molecule has 0 fully saturated rings. The van der Waals surface area contributed by atoms with Crippen molar-refractivity contribution in [1.29, 1.82) is 0 Å². The standard InChI is InChI=1S/C22H28N4O4/c1-24(2)11-9-16-14-26(20-8-7-18(29-4)12-19(16)20)22(28)23-15-30-21(27)17-6-5-10-25(3)13-17/h5,7-8,10,12-14H,6,9,11,15H2,1-4H3,(H,23,28). The van der Waals surface area contributed by atoms with Crippen LogP contribution in [0.25, 0.3) is 10.9 Å². The second-order valence-corrected chi connectivity index (χ2v) is 7.43. The van der Waals surface area contributed by atoms with Gasteiger partial charge in [0.05, 0.1) is 18.2 Å². The van der Waals surface area contributed by atoms with Gasteiger partial charge in [-0.1, -0.05) is 6.08 Å². The van der Waals surface area contributed by atoms with E-state index in [4.69, 9.17) is 9.47 Å². The van der Waals surface area contributed by atoms with Gasteiger partial charge >= 0.3 is 12.0 Å². The maximum atomic E-state index is 12.8. The predicted octanol–water partition coefficient (Wildman–Crippen LogP) is 2.55. The third-order valence-corrected chi connectivity index (χ3v) is 4.87. The van der Waals surface area contributed by atoms with Gasteiger partial charge in [-0.3, -0.25) is 4.57 Å². The first-order valence-corrected chi connectivity index (χ1v) is 9.76. The molecule has 0 saturated heterocycles. The summed E-state index contributed by atoms with van der Waals surface area (Å²) >= 11 is 0. The van der Waals surface area contributed by atoms with Gasteiger partial charge in [-0.25, -0.2) is 9.59 Å². The van der Waals surface area contributed by atoms with Gasteiger partial charge in [-0.05, 0) is 50.5 Å². The zero-order chi connectivity index (χ0) is 21.7. The van der Waals surface area contributed by atoms with Gasteiger partial charge in [0.25, 0.3) is 0 Å². The highest BCUT2D eigenvalue weighted by atomic mass is 16.5. The first-order valence-electron chi connectivity index (χ1n) is 9.76. The van der Waals surface area contributed by atoms with Gasteiger partial charge in [-0.15, -0.1) is 0 Å². The Balaban J connectivity index is 1.70. The van der Waals surface area contributed by atoms with E-state index in [1.807, 2.05) is 57.8 Å². The van der Waals surface area contributed by atoms with Crippen molar-refractivity contribution < 1.29 is 19.1 Å². The Morgan fingerprint density at radius 2 is 2.07 bits per heavy atom. The Morgan fingerprint density at radius 1 is 1.27 bits per heavy atom. The molecule has 2 aromatic rings. The summed E-state index contributed by atoms with van der Waals surface area (Å²) in [5.74, 6) is 0.292. The van der Waals surface area contributed by atoms with Crippen LogP contribution in [0.15, 0.2) is 48.4 Å². The van der Waals surface area contributed by atoms with Gasteiger partial charge in [0.15, 0.2) is 6.73 Å². The van der Waals surface area contributed by atoms with Crippen LogP contribution in [0.3, 0.4) is 0 Å². The molecule has 1 aliphatic rings. The van der Waals surface area contributed by atoms with Gasteiger partial charge in [-0.2, -0.15) is 0 Å². The molecule has 8 nitrogen and oxygen atoms in total. The van der Waals surface area contributed by atoms with Crippen molar-refractivity contribution in [2.75, 3.05) is 41.5 Å². The normalized spacial score (nSPS) is 13.5. The number of hydrogen-bond donors (Lipinski definition) is 1. The molecule has 1 amide bonds. The van der Waals surface area contributed by atoms with E-state index in [1.165, 1.54) is 0 Å². The molecule has 0 unspecified atom stereocenters. The average molecular weight is 412 g/mol. The fraction of sp³-hybridized carbons (Fsp3) is 0.364. The number of nitrogens with zero attached hydrogens (tertiary/aromatic N) is 3. The minimum Gasteiger partial charge on any atom is -0.497 e. The summed E-state index contributed by atoms with van der Waals surface area (Å²) < 4.78 is 12.1. The SMILES string of the molecule is COc1ccc2c(c1)c(CCN(C)C)cn2C(=O)NCOC(=O)C1=CN(C)C=CC1. The number of benzene rings is 1. The molecule has 1 aromatic heterocycles. The van der Waals surface area contributed by atoms with E-state index in [0.29, 0.717) is 12.0 Å². The molecule has 0 bridgehead atoms. The summed E-state index contributed by atoms with van der Waals surface area (Å²) in [6.45, 7) is 0.652. The van der Waals surface area contributed by atoms with E-state index >= 15 is 0 Å². The van der Waals surface area contributed by atoms with Gasteiger partial charge in [0.1, 0.15) is 5.75 Å².